The third-order valence-electron chi connectivity index (χ3n) is 3.01. The number of benzene rings is 3. The molecule has 0 atom stereocenters. The van der Waals surface area contributed by atoms with Crippen LogP contribution in [-0.4, -0.2) is 0 Å². The van der Waals surface area contributed by atoms with E-state index in [4.69, 9.17) is 0 Å². The second kappa shape index (κ2) is 6.89. The SMILES string of the molecule is Fc1ccccc1SP(c1ccccc1)c1ccccc1. The molecule has 0 aliphatic carbocycles. The highest BCUT2D eigenvalue weighted by Crippen LogP contribution is 2.52. The molecule has 3 rings (SSSR count). The Morgan fingerprint density at radius 2 is 1.10 bits per heavy atom. The molecule has 0 unspecified atom stereocenters. The lowest BCUT2D eigenvalue weighted by atomic mass is 10.4. The van der Waals surface area contributed by atoms with Gasteiger partial charge in [0, 0.05) is 12.0 Å². The molecule has 0 heterocycles. The zero-order valence-electron chi connectivity index (χ0n) is 11.3. The largest absolute Gasteiger partial charge is 0.206 e. The number of rotatable bonds is 4. The highest BCUT2D eigenvalue weighted by molar-refractivity contribution is 8.60. The van der Waals surface area contributed by atoms with E-state index in [-0.39, 0.29) is 5.82 Å². The Morgan fingerprint density at radius 1 is 0.619 bits per heavy atom. The molecule has 3 heteroatoms. The average Bonchev–Trinajstić information content (AvgIpc) is 2.56. The maximum atomic E-state index is 14.0. The summed E-state index contributed by atoms with van der Waals surface area (Å²) in [5, 5.41) is 2.49. The van der Waals surface area contributed by atoms with Gasteiger partial charge in [0.25, 0.3) is 0 Å². The van der Waals surface area contributed by atoms with Gasteiger partial charge in [-0.25, -0.2) is 4.39 Å². The van der Waals surface area contributed by atoms with E-state index in [1.807, 2.05) is 48.5 Å². The maximum Gasteiger partial charge on any atom is 0.137 e. The van der Waals surface area contributed by atoms with Crippen molar-refractivity contribution in [3.63, 3.8) is 0 Å². The highest BCUT2D eigenvalue weighted by atomic mass is 32.7. The topological polar surface area (TPSA) is 0 Å². The second-order valence-electron chi connectivity index (χ2n) is 4.49. The Morgan fingerprint density at radius 3 is 1.62 bits per heavy atom. The van der Waals surface area contributed by atoms with Crippen molar-refractivity contribution < 1.29 is 4.39 Å². The molecule has 0 aliphatic heterocycles. The lowest BCUT2D eigenvalue weighted by Gasteiger charge is -2.18. The van der Waals surface area contributed by atoms with Gasteiger partial charge in [-0.3, -0.25) is 0 Å². The van der Waals surface area contributed by atoms with E-state index in [0.717, 1.165) is 0 Å². The highest BCUT2D eigenvalue weighted by Gasteiger charge is 2.16. The van der Waals surface area contributed by atoms with Gasteiger partial charge < -0.3 is 0 Å². The molecule has 0 spiro atoms. The fourth-order valence-electron chi connectivity index (χ4n) is 2.00. The van der Waals surface area contributed by atoms with Gasteiger partial charge in [0.15, 0.2) is 0 Å². The van der Waals surface area contributed by atoms with E-state index < -0.39 is 7.12 Å². The number of hydrogen-bond donors (Lipinski definition) is 0. The van der Waals surface area contributed by atoms with Crippen molar-refractivity contribution in [2.45, 2.75) is 4.90 Å². The summed E-state index contributed by atoms with van der Waals surface area (Å²) in [7, 11) is -0.667. The lowest BCUT2D eigenvalue weighted by molar-refractivity contribution is 0.602. The Kier molecular flexibility index (Phi) is 4.69. The van der Waals surface area contributed by atoms with Gasteiger partial charge in [0.05, 0.1) is 0 Å². The summed E-state index contributed by atoms with van der Waals surface area (Å²) in [5.74, 6) is -0.151. The molecular weight excluding hydrogens is 298 g/mol. The van der Waals surface area contributed by atoms with Crippen molar-refractivity contribution in [1.82, 2.24) is 0 Å². The summed E-state index contributed by atoms with van der Waals surface area (Å²) < 4.78 is 14.0. The van der Waals surface area contributed by atoms with E-state index in [1.54, 1.807) is 17.4 Å². The summed E-state index contributed by atoms with van der Waals surface area (Å²) in [6.45, 7) is 0. The Hall–Kier alpha value is -1.63. The molecule has 0 N–H and O–H groups in total. The minimum atomic E-state index is -0.667. The van der Waals surface area contributed by atoms with Crippen LogP contribution in [0, 0.1) is 5.82 Å². The molecule has 3 aromatic carbocycles. The zero-order chi connectivity index (χ0) is 14.5. The van der Waals surface area contributed by atoms with Crippen molar-refractivity contribution in [2.24, 2.45) is 0 Å². The predicted octanol–water partition coefficient (Wildman–Crippen LogP) is 4.97. The monoisotopic (exact) mass is 312 g/mol. The number of halogens is 1. The van der Waals surface area contributed by atoms with Crippen LogP contribution < -0.4 is 10.6 Å². The Balaban J connectivity index is 1.99. The molecule has 0 saturated heterocycles. The van der Waals surface area contributed by atoms with Crippen LogP contribution in [-0.2, 0) is 0 Å². The fraction of sp³-hybridized carbons (Fsp3) is 0. The smallest absolute Gasteiger partial charge is 0.137 e. The van der Waals surface area contributed by atoms with Crippen LogP contribution in [0.5, 0.6) is 0 Å². The van der Waals surface area contributed by atoms with Crippen molar-refractivity contribution in [3.8, 4) is 0 Å². The zero-order valence-corrected chi connectivity index (χ0v) is 13.0. The summed E-state index contributed by atoms with van der Waals surface area (Å²) in [4.78, 5) is 0.705. The molecule has 21 heavy (non-hydrogen) atoms. The van der Waals surface area contributed by atoms with Crippen LogP contribution in [0.25, 0.3) is 0 Å². The minimum absolute atomic E-state index is 0.151. The van der Waals surface area contributed by atoms with Gasteiger partial charge in [-0.15, -0.1) is 0 Å². The van der Waals surface area contributed by atoms with Crippen LogP contribution >= 0.6 is 18.5 Å². The van der Waals surface area contributed by atoms with E-state index in [2.05, 4.69) is 24.3 Å². The third-order valence-corrected chi connectivity index (χ3v) is 7.66. The standard InChI is InChI=1S/C18H14FPS/c19-17-13-7-8-14-18(17)21-20(15-9-3-1-4-10-15)16-11-5-2-6-12-16/h1-14H. The van der Waals surface area contributed by atoms with Crippen molar-refractivity contribution in [1.29, 1.82) is 0 Å². The summed E-state index contributed by atoms with van der Waals surface area (Å²) in [5.41, 5.74) is 0. The van der Waals surface area contributed by atoms with Crippen LogP contribution in [0.4, 0.5) is 4.39 Å². The molecule has 104 valence electrons. The molecule has 0 aliphatic rings. The second-order valence-corrected chi connectivity index (χ2v) is 8.37. The molecule has 0 bridgehead atoms. The first-order valence-corrected chi connectivity index (χ1v) is 9.43. The van der Waals surface area contributed by atoms with Gasteiger partial charge in [-0.05, 0) is 22.7 Å². The van der Waals surface area contributed by atoms with E-state index >= 15 is 0 Å². The quantitative estimate of drug-likeness (QED) is 0.613. The lowest BCUT2D eigenvalue weighted by Crippen LogP contribution is -2.08. The Bertz CT molecular complexity index is 661. The van der Waals surface area contributed by atoms with Crippen LogP contribution in [0.3, 0.4) is 0 Å². The molecule has 0 radical (unpaired) electrons. The van der Waals surface area contributed by atoms with Gasteiger partial charge >= 0.3 is 0 Å². The fourth-order valence-corrected chi connectivity index (χ4v) is 6.28. The normalized spacial score (nSPS) is 10.8. The van der Waals surface area contributed by atoms with Gasteiger partial charge in [0.2, 0.25) is 0 Å². The van der Waals surface area contributed by atoms with Gasteiger partial charge in [0.1, 0.15) is 5.82 Å². The molecular formula is C18H14FPS. The molecule has 0 aromatic heterocycles. The molecule has 3 aromatic rings. The predicted molar refractivity (Wildman–Crippen MR) is 91.3 cm³/mol. The van der Waals surface area contributed by atoms with Crippen LogP contribution in [0.15, 0.2) is 89.8 Å². The van der Waals surface area contributed by atoms with Crippen LogP contribution in [0.2, 0.25) is 0 Å². The molecule has 0 nitrogen and oxygen atoms in total. The minimum Gasteiger partial charge on any atom is -0.206 e. The van der Waals surface area contributed by atoms with Crippen molar-refractivity contribution in [3.05, 3.63) is 90.7 Å². The van der Waals surface area contributed by atoms with Gasteiger partial charge in [-0.1, -0.05) is 84.2 Å². The van der Waals surface area contributed by atoms with Gasteiger partial charge in [-0.2, -0.15) is 0 Å². The van der Waals surface area contributed by atoms with Crippen molar-refractivity contribution in [2.75, 3.05) is 0 Å². The third kappa shape index (κ3) is 3.53. The summed E-state index contributed by atoms with van der Waals surface area (Å²) in [6.07, 6.45) is 0. The summed E-state index contributed by atoms with van der Waals surface area (Å²) >= 11 is 1.61. The molecule has 0 fully saturated rings. The first-order chi connectivity index (χ1) is 10.3. The Labute approximate surface area is 129 Å². The summed E-state index contributed by atoms with van der Waals surface area (Å²) in [6, 6.07) is 27.6. The molecule has 0 saturated carbocycles. The average molecular weight is 312 g/mol. The molecule has 0 amide bonds. The van der Waals surface area contributed by atoms with E-state index in [0.29, 0.717) is 4.90 Å². The van der Waals surface area contributed by atoms with Crippen molar-refractivity contribution >= 4 is 29.1 Å². The maximum absolute atomic E-state index is 14.0. The first kappa shape index (κ1) is 14.3. The number of hydrogen-bond acceptors (Lipinski definition) is 1. The first-order valence-electron chi connectivity index (χ1n) is 6.67. The van der Waals surface area contributed by atoms with E-state index in [9.17, 15) is 4.39 Å². The van der Waals surface area contributed by atoms with Crippen LogP contribution in [0.1, 0.15) is 0 Å². The van der Waals surface area contributed by atoms with E-state index in [1.165, 1.54) is 16.7 Å².